The number of amides is 1. The van der Waals surface area contributed by atoms with E-state index >= 15 is 0 Å². The number of nitrogens with one attached hydrogen (secondary N) is 1. The highest BCUT2D eigenvalue weighted by Crippen LogP contribution is 2.38. The fraction of sp³-hybridized carbons (Fsp3) is 0.207. The van der Waals surface area contributed by atoms with E-state index in [1.54, 1.807) is 19.9 Å². The topological polar surface area (TPSA) is 68.2 Å². The number of hydrogen-bond acceptors (Lipinski definition) is 3. The number of carbonyl (C=O) groups is 1. The van der Waals surface area contributed by atoms with Gasteiger partial charge >= 0.3 is 6.18 Å². The summed E-state index contributed by atoms with van der Waals surface area (Å²) in [6.45, 7) is 5.24. The molecule has 1 amide bonds. The Kier molecular flexibility index (Phi) is 7.25. The van der Waals surface area contributed by atoms with Crippen molar-refractivity contribution in [1.29, 1.82) is 0 Å². The summed E-state index contributed by atoms with van der Waals surface area (Å²) in [6, 6.07) is 18.8. The quantitative estimate of drug-likeness (QED) is 0.286. The molecule has 9 heteroatoms. The van der Waals surface area contributed by atoms with Gasteiger partial charge in [0.2, 0.25) is 0 Å². The van der Waals surface area contributed by atoms with Crippen LogP contribution >= 0.6 is 0 Å². The molecule has 38 heavy (non-hydrogen) atoms. The van der Waals surface area contributed by atoms with Gasteiger partial charge in [-0.2, -0.15) is 13.2 Å². The lowest BCUT2D eigenvalue weighted by Crippen LogP contribution is -2.15. The first-order valence-electron chi connectivity index (χ1n) is 11.9. The lowest BCUT2D eigenvalue weighted by molar-refractivity contribution is -0.137. The highest BCUT2D eigenvalue weighted by atomic mass is 32.2. The van der Waals surface area contributed by atoms with Gasteiger partial charge in [0.1, 0.15) is 0 Å². The smallest absolute Gasteiger partial charge is 0.322 e. The minimum atomic E-state index is -4.62. The van der Waals surface area contributed by atoms with Crippen molar-refractivity contribution < 1.29 is 26.4 Å². The van der Waals surface area contributed by atoms with Crippen LogP contribution in [-0.4, -0.2) is 25.1 Å². The molecule has 0 spiro atoms. The predicted octanol–water partition coefficient (Wildman–Crippen LogP) is 7.00. The molecule has 0 saturated carbocycles. The average molecular weight is 541 g/mol. The SMILES string of the molecule is CCc1ccc(-c2ccc(-n3c(C)cc(C(=O)Nc4ccc(S(C)(=O)=O)cc4)c3C)c(C(F)(F)F)c2)cc1. The molecule has 0 aliphatic rings. The molecule has 0 unspecified atom stereocenters. The molecule has 0 saturated heterocycles. The standard InChI is InChI=1S/C29H27F3N2O3S/c1-5-20-6-8-21(9-7-20)22-10-15-27(26(17-22)29(30,31)32)34-18(2)16-25(19(34)3)28(35)33-23-11-13-24(14-12-23)38(4,36)37/h6-17H,5H2,1-4H3,(H,33,35). The van der Waals surface area contributed by atoms with Crippen LogP contribution in [0.1, 0.15) is 39.8 Å². The average Bonchev–Trinajstić information content (AvgIpc) is 3.16. The van der Waals surface area contributed by atoms with Crippen LogP contribution in [0.25, 0.3) is 16.8 Å². The Morgan fingerprint density at radius 3 is 2.05 bits per heavy atom. The maximum Gasteiger partial charge on any atom is 0.418 e. The fourth-order valence-electron chi connectivity index (χ4n) is 4.42. The van der Waals surface area contributed by atoms with Crippen LogP contribution < -0.4 is 5.32 Å². The molecule has 0 atom stereocenters. The highest BCUT2D eigenvalue weighted by Gasteiger charge is 2.35. The molecule has 1 aromatic heterocycles. The second-order valence-electron chi connectivity index (χ2n) is 9.15. The third-order valence-electron chi connectivity index (χ3n) is 6.45. The van der Waals surface area contributed by atoms with E-state index in [9.17, 15) is 26.4 Å². The van der Waals surface area contributed by atoms with Crippen molar-refractivity contribution in [3.05, 3.63) is 101 Å². The minimum Gasteiger partial charge on any atom is -0.322 e. The number of alkyl halides is 3. The first-order chi connectivity index (χ1) is 17.8. The number of aromatic nitrogens is 1. The van der Waals surface area contributed by atoms with Gasteiger partial charge in [-0.15, -0.1) is 0 Å². The maximum absolute atomic E-state index is 14.2. The van der Waals surface area contributed by atoms with Crippen molar-refractivity contribution in [2.24, 2.45) is 0 Å². The number of sulfone groups is 1. The van der Waals surface area contributed by atoms with E-state index in [0.29, 0.717) is 28.2 Å². The Morgan fingerprint density at radius 2 is 1.50 bits per heavy atom. The summed E-state index contributed by atoms with van der Waals surface area (Å²) in [5.41, 5.74) is 2.73. The van der Waals surface area contributed by atoms with E-state index in [1.165, 1.54) is 41.0 Å². The molecule has 4 aromatic rings. The van der Waals surface area contributed by atoms with Gasteiger partial charge in [0.25, 0.3) is 5.91 Å². The molecular weight excluding hydrogens is 513 g/mol. The second-order valence-corrected chi connectivity index (χ2v) is 11.2. The molecule has 1 heterocycles. The molecular formula is C29H27F3N2O3S. The molecule has 5 nitrogen and oxygen atoms in total. The Hall–Kier alpha value is -3.85. The zero-order valence-electron chi connectivity index (χ0n) is 21.3. The lowest BCUT2D eigenvalue weighted by atomic mass is 9.99. The number of rotatable bonds is 6. The Balaban J connectivity index is 1.71. The zero-order valence-corrected chi connectivity index (χ0v) is 22.2. The summed E-state index contributed by atoms with van der Waals surface area (Å²) < 4.78 is 67.5. The van der Waals surface area contributed by atoms with Crippen LogP contribution in [0, 0.1) is 13.8 Å². The first-order valence-corrected chi connectivity index (χ1v) is 13.8. The number of hydrogen-bond donors (Lipinski definition) is 1. The Bertz CT molecular complexity index is 1600. The first kappa shape index (κ1) is 27.2. The lowest BCUT2D eigenvalue weighted by Gasteiger charge is -2.18. The molecule has 0 radical (unpaired) electrons. The normalized spacial score (nSPS) is 12.0. The molecule has 0 bridgehead atoms. The Labute approximate surface area is 219 Å². The summed E-state index contributed by atoms with van der Waals surface area (Å²) in [5, 5.41) is 2.69. The van der Waals surface area contributed by atoms with Gasteiger partial charge in [-0.3, -0.25) is 4.79 Å². The van der Waals surface area contributed by atoms with Crippen molar-refractivity contribution in [2.75, 3.05) is 11.6 Å². The zero-order chi connectivity index (χ0) is 27.8. The number of anilines is 1. The summed E-state index contributed by atoms with van der Waals surface area (Å²) in [7, 11) is -3.39. The number of nitrogens with zero attached hydrogens (tertiary/aromatic N) is 1. The molecule has 4 rings (SSSR count). The van der Waals surface area contributed by atoms with Crippen molar-refractivity contribution in [1.82, 2.24) is 4.57 Å². The number of halogens is 3. The van der Waals surface area contributed by atoms with Crippen molar-refractivity contribution in [3.8, 4) is 16.8 Å². The molecule has 3 aromatic carbocycles. The van der Waals surface area contributed by atoms with Crippen LogP contribution in [0.2, 0.25) is 0 Å². The summed E-state index contributed by atoms with van der Waals surface area (Å²) in [6.07, 6.45) is -2.71. The molecule has 0 aliphatic heterocycles. The van der Waals surface area contributed by atoms with E-state index in [4.69, 9.17) is 0 Å². The van der Waals surface area contributed by atoms with Crippen LogP contribution in [0.3, 0.4) is 0 Å². The van der Waals surface area contributed by atoms with Gasteiger partial charge in [0.15, 0.2) is 9.84 Å². The van der Waals surface area contributed by atoms with E-state index in [-0.39, 0.29) is 16.1 Å². The maximum atomic E-state index is 14.2. The van der Waals surface area contributed by atoms with Crippen LogP contribution in [0.4, 0.5) is 18.9 Å². The van der Waals surface area contributed by atoms with Crippen molar-refractivity contribution in [3.63, 3.8) is 0 Å². The fourth-order valence-corrected chi connectivity index (χ4v) is 5.05. The molecule has 0 aliphatic carbocycles. The predicted molar refractivity (Wildman–Crippen MR) is 143 cm³/mol. The van der Waals surface area contributed by atoms with Gasteiger partial charge in [0, 0.05) is 23.3 Å². The molecule has 198 valence electrons. The van der Waals surface area contributed by atoms with Gasteiger partial charge in [-0.25, -0.2) is 8.42 Å². The summed E-state index contributed by atoms with van der Waals surface area (Å²) in [5.74, 6) is -0.516. The molecule has 0 fully saturated rings. The van der Waals surface area contributed by atoms with Gasteiger partial charge in [-0.05, 0) is 79.4 Å². The largest absolute Gasteiger partial charge is 0.418 e. The number of aryl methyl sites for hydroxylation is 2. The van der Waals surface area contributed by atoms with Crippen LogP contribution in [-0.2, 0) is 22.4 Å². The minimum absolute atomic E-state index is 0.0713. The third kappa shape index (κ3) is 5.52. The summed E-state index contributed by atoms with van der Waals surface area (Å²) in [4.78, 5) is 13.1. The van der Waals surface area contributed by atoms with Gasteiger partial charge < -0.3 is 9.88 Å². The highest BCUT2D eigenvalue weighted by molar-refractivity contribution is 7.90. The summed E-state index contributed by atoms with van der Waals surface area (Å²) >= 11 is 0. The van der Waals surface area contributed by atoms with Crippen LogP contribution in [0.5, 0.6) is 0 Å². The van der Waals surface area contributed by atoms with E-state index in [1.807, 2.05) is 31.2 Å². The molecule has 1 N–H and O–H groups in total. The third-order valence-corrected chi connectivity index (χ3v) is 7.58. The van der Waals surface area contributed by atoms with Crippen LogP contribution in [0.15, 0.2) is 77.7 Å². The number of benzene rings is 3. The number of carbonyl (C=O) groups excluding carboxylic acids is 1. The second kappa shape index (κ2) is 10.1. The van der Waals surface area contributed by atoms with Crippen molar-refractivity contribution >= 4 is 21.4 Å². The van der Waals surface area contributed by atoms with E-state index < -0.39 is 27.5 Å². The Morgan fingerprint density at radius 1 is 0.895 bits per heavy atom. The monoisotopic (exact) mass is 540 g/mol. The van der Waals surface area contributed by atoms with Gasteiger partial charge in [-0.1, -0.05) is 37.3 Å². The van der Waals surface area contributed by atoms with Gasteiger partial charge in [0.05, 0.1) is 21.7 Å². The van der Waals surface area contributed by atoms with E-state index in [2.05, 4.69) is 5.32 Å². The van der Waals surface area contributed by atoms with Crippen molar-refractivity contribution in [2.45, 2.75) is 38.3 Å². The van der Waals surface area contributed by atoms with E-state index in [0.717, 1.165) is 24.3 Å².